The molecule has 0 unspecified atom stereocenters. The zero-order valence-corrected chi connectivity index (χ0v) is 12.2. The highest BCUT2D eigenvalue weighted by molar-refractivity contribution is 7.99. The molecule has 1 N–H and O–H groups in total. The molecule has 1 aromatic rings. The molecule has 0 spiro atoms. The van der Waals surface area contributed by atoms with Crippen molar-refractivity contribution in [3.05, 3.63) is 21.9 Å². The summed E-state index contributed by atoms with van der Waals surface area (Å²) in [6.45, 7) is 3.63. The van der Waals surface area contributed by atoms with Gasteiger partial charge in [-0.15, -0.1) is 11.3 Å². The molecular weight excluding hydrogens is 262 g/mol. The van der Waals surface area contributed by atoms with E-state index in [0.717, 1.165) is 12.1 Å². The molecule has 1 aromatic heterocycles. The van der Waals surface area contributed by atoms with Crippen LogP contribution < -0.4 is 0 Å². The molecule has 1 fully saturated rings. The Morgan fingerprint density at radius 3 is 3.17 bits per heavy atom. The smallest absolute Gasteiger partial charge is 0.0540 e. The molecule has 1 aliphatic heterocycles. The van der Waals surface area contributed by atoms with Crippen molar-refractivity contribution in [3.63, 3.8) is 0 Å². The maximum atomic E-state index is 8.68. The summed E-state index contributed by atoms with van der Waals surface area (Å²) in [5, 5.41) is 10.8. The normalized spacial score (nSPS) is 16.9. The van der Waals surface area contributed by atoms with Gasteiger partial charge in [-0.1, -0.05) is 11.8 Å². The molecule has 4 heteroatoms. The summed E-state index contributed by atoms with van der Waals surface area (Å²) in [5.74, 6) is 8.62. The first kappa shape index (κ1) is 14.0. The molecule has 1 aliphatic rings. The number of aliphatic hydroxyl groups excluding tert-OH is 1. The van der Waals surface area contributed by atoms with Crippen LogP contribution in [0.2, 0.25) is 0 Å². The summed E-state index contributed by atoms with van der Waals surface area (Å²) in [4.78, 5) is 3.94. The van der Waals surface area contributed by atoms with Crippen molar-refractivity contribution in [1.82, 2.24) is 4.90 Å². The van der Waals surface area contributed by atoms with Crippen LogP contribution in [0.15, 0.2) is 11.4 Å². The van der Waals surface area contributed by atoms with Crippen LogP contribution in [-0.2, 0) is 6.54 Å². The van der Waals surface area contributed by atoms with E-state index in [1.54, 1.807) is 11.3 Å². The predicted octanol–water partition coefficient (Wildman–Crippen LogP) is 2.42. The number of nitrogens with zero attached hydrogens (tertiary/aromatic N) is 1. The van der Waals surface area contributed by atoms with Gasteiger partial charge in [0.15, 0.2) is 0 Å². The molecule has 2 rings (SSSR count). The number of hydrogen-bond donors (Lipinski definition) is 1. The Bertz CT molecular complexity index is 411. The van der Waals surface area contributed by atoms with E-state index in [2.05, 4.69) is 39.9 Å². The fourth-order valence-electron chi connectivity index (χ4n) is 1.93. The molecule has 0 saturated carbocycles. The molecule has 18 heavy (non-hydrogen) atoms. The fourth-order valence-corrected chi connectivity index (χ4v) is 3.71. The van der Waals surface area contributed by atoms with Gasteiger partial charge >= 0.3 is 0 Å². The van der Waals surface area contributed by atoms with E-state index in [1.165, 1.54) is 35.9 Å². The Morgan fingerprint density at radius 1 is 1.33 bits per heavy atom. The zero-order valence-electron chi connectivity index (χ0n) is 10.5. The molecule has 0 aromatic carbocycles. The predicted molar refractivity (Wildman–Crippen MR) is 80.1 cm³/mol. The topological polar surface area (TPSA) is 23.5 Å². The Hall–Kier alpha value is -0.470. The first-order valence-electron chi connectivity index (χ1n) is 6.36. The SMILES string of the molecule is OCCC#Cc1csc(CN2CCCSCC2)c1. The molecule has 2 nitrogen and oxygen atoms in total. The average Bonchev–Trinajstić information content (AvgIpc) is 2.65. The van der Waals surface area contributed by atoms with Crippen molar-refractivity contribution in [1.29, 1.82) is 0 Å². The summed E-state index contributed by atoms with van der Waals surface area (Å²) < 4.78 is 0. The second-order valence-electron chi connectivity index (χ2n) is 4.32. The maximum Gasteiger partial charge on any atom is 0.0540 e. The molecule has 0 radical (unpaired) electrons. The van der Waals surface area contributed by atoms with Gasteiger partial charge in [0, 0.05) is 41.1 Å². The molecule has 98 valence electrons. The molecule has 0 atom stereocenters. The number of hydrogen-bond acceptors (Lipinski definition) is 4. The second-order valence-corrected chi connectivity index (χ2v) is 6.54. The highest BCUT2D eigenvalue weighted by Crippen LogP contribution is 2.18. The van der Waals surface area contributed by atoms with Gasteiger partial charge in [0.1, 0.15) is 0 Å². The molecule has 1 saturated heterocycles. The van der Waals surface area contributed by atoms with Crippen molar-refractivity contribution >= 4 is 23.1 Å². The van der Waals surface area contributed by atoms with Crippen LogP contribution in [0.3, 0.4) is 0 Å². The Kier molecular flexibility index (Phi) is 6.09. The van der Waals surface area contributed by atoms with Gasteiger partial charge in [-0.05, 0) is 24.8 Å². The Balaban J connectivity index is 1.87. The average molecular weight is 281 g/mol. The van der Waals surface area contributed by atoms with Crippen LogP contribution in [0.25, 0.3) is 0 Å². The van der Waals surface area contributed by atoms with Gasteiger partial charge in [-0.3, -0.25) is 4.90 Å². The van der Waals surface area contributed by atoms with Gasteiger partial charge in [0.05, 0.1) is 6.61 Å². The third kappa shape index (κ3) is 4.66. The van der Waals surface area contributed by atoms with Crippen LogP contribution in [0.5, 0.6) is 0 Å². The highest BCUT2D eigenvalue weighted by atomic mass is 32.2. The summed E-state index contributed by atoms with van der Waals surface area (Å²) in [7, 11) is 0. The zero-order chi connectivity index (χ0) is 12.6. The van der Waals surface area contributed by atoms with Crippen molar-refractivity contribution in [2.24, 2.45) is 0 Å². The van der Waals surface area contributed by atoms with E-state index in [9.17, 15) is 0 Å². The molecule has 0 bridgehead atoms. The number of rotatable bonds is 3. The van der Waals surface area contributed by atoms with E-state index < -0.39 is 0 Å². The first-order chi connectivity index (χ1) is 8.88. The van der Waals surface area contributed by atoms with E-state index >= 15 is 0 Å². The van der Waals surface area contributed by atoms with Crippen molar-refractivity contribution in [2.75, 3.05) is 31.2 Å². The van der Waals surface area contributed by atoms with E-state index in [4.69, 9.17) is 5.11 Å². The number of thioether (sulfide) groups is 1. The van der Waals surface area contributed by atoms with Gasteiger partial charge < -0.3 is 5.11 Å². The van der Waals surface area contributed by atoms with Gasteiger partial charge in [0.25, 0.3) is 0 Å². The largest absolute Gasteiger partial charge is 0.395 e. The minimum Gasteiger partial charge on any atom is -0.395 e. The third-order valence-corrected chi connectivity index (χ3v) is 4.79. The monoisotopic (exact) mass is 281 g/mol. The maximum absolute atomic E-state index is 8.68. The Morgan fingerprint density at radius 2 is 2.28 bits per heavy atom. The molecular formula is C14H19NOS2. The number of thiophene rings is 1. The van der Waals surface area contributed by atoms with Crippen LogP contribution in [0.4, 0.5) is 0 Å². The van der Waals surface area contributed by atoms with Crippen LogP contribution in [-0.4, -0.2) is 41.2 Å². The van der Waals surface area contributed by atoms with E-state index in [1.807, 2.05) is 0 Å². The summed E-state index contributed by atoms with van der Waals surface area (Å²) in [6, 6.07) is 2.19. The first-order valence-corrected chi connectivity index (χ1v) is 8.39. The third-order valence-electron chi connectivity index (χ3n) is 2.82. The van der Waals surface area contributed by atoms with Crippen molar-refractivity contribution in [2.45, 2.75) is 19.4 Å². The molecule has 0 amide bonds. The molecule has 0 aliphatic carbocycles. The lowest BCUT2D eigenvalue weighted by atomic mass is 10.3. The van der Waals surface area contributed by atoms with Crippen LogP contribution in [0.1, 0.15) is 23.3 Å². The summed E-state index contributed by atoms with van der Waals surface area (Å²) >= 11 is 3.86. The summed E-state index contributed by atoms with van der Waals surface area (Å²) in [5.41, 5.74) is 1.09. The number of aliphatic hydroxyl groups is 1. The van der Waals surface area contributed by atoms with Crippen molar-refractivity contribution in [3.8, 4) is 11.8 Å². The van der Waals surface area contributed by atoms with Gasteiger partial charge in [-0.25, -0.2) is 0 Å². The second kappa shape index (κ2) is 7.85. The standard InChI is InChI=1S/C14H19NOS2/c16-7-2-1-4-13-10-14(18-12-13)11-15-5-3-8-17-9-6-15/h10,12,16H,2-3,5-9,11H2. The highest BCUT2D eigenvalue weighted by Gasteiger charge is 2.10. The van der Waals surface area contributed by atoms with Gasteiger partial charge in [-0.2, -0.15) is 11.8 Å². The Labute approximate surface area is 117 Å². The van der Waals surface area contributed by atoms with Crippen LogP contribution in [0, 0.1) is 11.8 Å². The van der Waals surface area contributed by atoms with Crippen molar-refractivity contribution < 1.29 is 5.11 Å². The minimum atomic E-state index is 0.148. The molecule has 2 heterocycles. The summed E-state index contributed by atoms with van der Waals surface area (Å²) in [6.07, 6.45) is 1.87. The fraction of sp³-hybridized carbons (Fsp3) is 0.571. The van der Waals surface area contributed by atoms with Gasteiger partial charge in [0.2, 0.25) is 0 Å². The quantitative estimate of drug-likeness (QED) is 0.861. The lowest BCUT2D eigenvalue weighted by molar-refractivity contribution is 0.290. The lowest BCUT2D eigenvalue weighted by Gasteiger charge is -2.17. The van der Waals surface area contributed by atoms with E-state index in [-0.39, 0.29) is 6.61 Å². The lowest BCUT2D eigenvalue weighted by Crippen LogP contribution is -2.24. The minimum absolute atomic E-state index is 0.148. The van der Waals surface area contributed by atoms with Crippen LogP contribution >= 0.6 is 23.1 Å². The van der Waals surface area contributed by atoms with E-state index in [0.29, 0.717) is 6.42 Å².